The van der Waals surface area contributed by atoms with Crippen LogP contribution in [0.15, 0.2) is 12.1 Å². The summed E-state index contributed by atoms with van der Waals surface area (Å²) >= 11 is 5.97. The van der Waals surface area contributed by atoms with E-state index in [2.05, 4.69) is 4.74 Å². The quantitative estimate of drug-likeness (QED) is 0.601. The second kappa shape index (κ2) is 4.88. The first kappa shape index (κ1) is 13.7. The van der Waals surface area contributed by atoms with Gasteiger partial charge in [0.2, 0.25) is 0 Å². The van der Waals surface area contributed by atoms with Crippen LogP contribution in [0.1, 0.15) is 47.1 Å². The predicted octanol–water partition coefficient (Wildman–Crippen LogP) is 3.24. The Bertz CT molecular complexity index is 458. The highest BCUT2D eigenvalue weighted by molar-refractivity contribution is 6.35. The number of methoxy groups -OCH3 is 1. The lowest BCUT2D eigenvalue weighted by molar-refractivity contribution is 0.0600. The van der Waals surface area contributed by atoms with Crippen LogP contribution in [-0.2, 0) is 10.2 Å². The Hall–Kier alpha value is -1.35. The molecule has 0 aliphatic heterocycles. The van der Waals surface area contributed by atoms with Crippen molar-refractivity contribution < 1.29 is 14.3 Å². The second-order valence-corrected chi connectivity index (χ2v) is 5.16. The summed E-state index contributed by atoms with van der Waals surface area (Å²) in [5.41, 5.74) is 1.22. The Labute approximate surface area is 106 Å². The Balaban J connectivity index is 3.49. The first-order chi connectivity index (χ1) is 7.81. The first-order valence-electron chi connectivity index (χ1n) is 5.18. The molecule has 0 aromatic heterocycles. The summed E-state index contributed by atoms with van der Waals surface area (Å²) in [6.07, 6.45) is 0.643. The SMILES string of the molecule is COC(=O)c1cc(C(C)(C)C)cc(C=O)c1Cl. The van der Waals surface area contributed by atoms with E-state index in [0.717, 1.165) is 5.56 Å². The fourth-order valence-corrected chi connectivity index (χ4v) is 1.65. The number of hydrogen-bond donors (Lipinski definition) is 0. The average Bonchev–Trinajstić information content (AvgIpc) is 2.26. The standard InChI is InChI=1S/C13H15ClO3/c1-13(2,3)9-5-8(7-15)11(14)10(6-9)12(16)17-4/h5-7H,1-4H3. The van der Waals surface area contributed by atoms with Gasteiger partial charge in [-0.2, -0.15) is 0 Å². The Morgan fingerprint density at radius 3 is 2.35 bits per heavy atom. The lowest BCUT2D eigenvalue weighted by Gasteiger charge is -2.20. The van der Waals surface area contributed by atoms with E-state index in [9.17, 15) is 9.59 Å². The van der Waals surface area contributed by atoms with Crippen LogP contribution >= 0.6 is 11.6 Å². The van der Waals surface area contributed by atoms with Crippen LogP contribution in [0, 0.1) is 0 Å². The van der Waals surface area contributed by atoms with Gasteiger partial charge in [-0.1, -0.05) is 32.4 Å². The van der Waals surface area contributed by atoms with Gasteiger partial charge in [-0.3, -0.25) is 4.79 Å². The summed E-state index contributed by atoms with van der Waals surface area (Å²) in [5.74, 6) is -0.538. The minimum Gasteiger partial charge on any atom is -0.465 e. The van der Waals surface area contributed by atoms with Gasteiger partial charge < -0.3 is 4.74 Å². The molecule has 0 fully saturated rings. The van der Waals surface area contributed by atoms with E-state index in [0.29, 0.717) is 11.8 Å². The lowest BCUT2D eigenvalue weighted by atomic mass is 9.85. The molecule has 0 bridgehead atoms. The zero-order valence-electron chi connectivity index (χ0n) is 10.3. The topological polar surface area (TPSA) is 43.4 Å². The molecule has 0 aliphatic carbocycles. The van der Waals surface area contributed by atoms with Crippen LogP contribution in [0.3, 0.4) is 0 Å². The minimum atomic E-state index is -0.538. The molecule has 0 unspecified atom stereocenters. The lowest BCUT2D eigenvalue weighted by Crippen LogP contribution is -2.14. The van der Waals surface area contributed by atoms with Gasteiger partial charge in [0.15, 0.2) is 6.29 Å². The van der Waals surface area contributed by atoms with E-state index in [1.165, 1.54) is 7.11 Å². The highest BCUT2D eigenvalue weighted by Gasteiger charge is 2.21. The number of ether oxygens (including phenoxy) is 1. The largest absolute Gasteiger partial charge is 0.465 e. The van der Waals surface area contributed by atoms with Crippen molar-refractivity contribution in [2.45, 2.75) is 26.2 Å². The maximum Gasteiger partial charge on any atom is 0.339 e. The Morgan fingerprint density at radius 2 is 1.94 bits per heavy atom. The third kappa shape index (κ3) is 2.86. The number of aldehydes is 1. The van der Waals surface area contributed by atoms with Gasteiger partial charge in [0, 0.05) is 5.56 Å². The van der Waals surface area contributed by atoms with E-state index in [1.807, 2.05) is 20.8 Å². The second-order valence-electron chi connectivity index (χ2n) is 4.79. The maximum absolute atomic E-state index is 11.6. The summed E-state index contributed by atoms with van der Waals surface area (Å²) in [6, 6.07) is 3.36. The average molecular weight is 255 g/mol. The van der Waals surface area contributed by atoms with Gasteiger partial charge in [0.1, 0.15) is 0 Å². The smallest absolute Gasteiger partial charge is 0.339 e. The molecule has 0 atom stereocenters. The van der Waals surface area contributed by atoms with Crippen LogP contribution in [-0.4, -0.2) is 19.4 Å². The molecule has 0 saturated heterocycles. The fraction of sp³-hybridized carbons (Fsp3) is 0.385. The first-order valence-corrected chi connectivity index (χ1v) is 5.56. The molecule has 0 amide bonds. The molecule has 1 aromatic rings. The number of carbonyl (C=O) groups is 2. The molecular formula is C13H15ClO3. The number of halogens is 1. The van der Waals surface area contributed by atoms with Gasteiger partial charge in [-0.15, -0.1) is 0 Å². The molecule has 1 rings (SSSR count). The van der Waals surface area contributed by atoms with Crippen molar-refractivity contribution in [1.82, 2.24) is 0 Å². The van der Waals surface area contributed by atoms with E-state index in [-0.39, 0.29) is 16.0 Å². The van der Waals surface area contributed by atoms with Crippen molar-refractivity contribution in [3.8, 4) is 0 Å². The van der Waals surface area contributed by atoms with Crippen LogP contribution in [0.2, 0.25) is 5.02 Å². The van der Waals surface area contributed by atoms with Crippen molar-refractivity contribution in [3.05, 3.63) is 33.8 Å². The summed E-state index contributed by atoms with van der Waals surface area (Å²) < 4.78 is 4.64. The molecule has 4 heteroatoms. The molecule has 17 heavy (non-hydrogen) atoms. The fourth-order valence-electron chi connectivity index (χ4n) is 1.42. The van der Waals surface area contributed by atoms with Gasteiger partial charge >= 0.3 is 5.97 Å². The summed E-state index contributed by atoms with van der Waals surface area (Å²) in [6.45, 7) is 5.98. The number of carbonyl (C=O) groups excluding carboxylic acids is 2. The van der Waals surface area contributed by atoms with Crippen molar-refractivity contribution in [2.75, 3.05) is 7.11 Å². The zero-order chi connectivity index (χ0) is 13.2. The third-order valence-electron chi connectivity index (χ3n) is 2.50. The molecule has 0 saturated carbocycles. The van der Waals surface area contributed by atoms with Crippen LogP contribution in [0.4, 0.5) is 0 Å². The number of hydrogen-bond acceptors (Lipinski definition) is 3. The highest BCUT2D eigenvalue weighted by Crippen LogP contribution is 2.29. The molecular weight excluding hydrogens is 240 g/mol. The molecule has 0 N–H and O–H groups in total. The maximum atomic E-state index is 11.6. The van der Waals surface area contributed by atoms with Gasteiger partial charge in [0.05, 0.1) is 17.7 Å². The van der Waals surface area contributed by atoms with Gasteiger partial charge in [-0.05, 0) is 23.1 Å². The number of esters is 1. The summed E-state index contributed by atoms with van der Waals surface area (Å²) in [5, 5.41) is 0.139. The van der Waals surface area contributed by atoms with E-state index in [4.69, 9.17) is 11.6 Å². The number of rotatable bonds is 2. The molecule has 0 spiro atoms. The molecule has 0 heterocycles. The van der Waals surface area contributed by atoms with E-state index >= 15 is 0 Å². The van der Waals surface area contributed by atoms with E-state index < -0.39 is 5.97 Å². The molecule has 0 aliphatic rings. The third-order valence-corrected chi connectivity index (χ3v) is 2.92. The summed E-state index contributed by atoms with van der Waals surface area (Å²) in [7, 11) is 1.28. The van der Waals surface area contributed by atoms with Crippen LogP contribution in [0.25, 0.3) is 0 Å². The summed E-state index contributed by atoms with van der Waals surface area (Å²) in [4.78, 5) is 22.5. The van der Waals surface area contributed by atoms with Crippen molar-refractivity contribution in [2.24, 2.45) is 0 Å². The number of benzene rings is 1. The van der Waals surface area contributed by atoms with Gasteiger partial charge in [-0.25, -0.2) is 4.79 Å². The van der Waals surface area contributed by atoms with Crippen LogP contribution in [0.5, 0.6) is 0 Å². The minimum absolute atomic E-state index is 0.139. The van der Waals surface area contributed by atoms with Crippen molar-refractivity contribution >= 4 is 23.9 Å². The highest BCUT2D eigenvalue weighted by atomic mass is 35.5. The van der Waals surface area contributed by atoms with Gasteiger partial charge in [0.25, 0.3) is 0 Å². The van der Waals surface area contributed by atoms with Crippen molar-refractivity contribution in [3.63, 3.8) is 0 Å². The van der Waals surface area contributed by atoms with Crippen LogP contribution < -0.4 is 0 Å². The normalized spacial score (nSPS) is 11.1. The predicted molar refractivity (Wildman–Crippen MR) is 66.9 cm³/mol. The van der Waals surface area contributed by atoms with Crippen molar-refractivity contribution in [1.29, 1.82) is 0 Å². The Kier molecular flexibility index (Phi) is 3.94. The molecule has 1 aromatic carbocycles. The van der Waals surface area contributed by atoms with E-state index in [1.54, 1.807) is 12.1 Å². The Morgan fingerprint density at radius 1 is 1.35 bits per heavy atom. The monoisotopic (exact) mass is 254 g/mol. The molecule has 3 nitrogen and oxygen atoms in total. The zero-order valence-corrected chi connectivity index (χ0v) is 11.1. The molecule has 92 valence electrons. The molecule has 0 radical (unpaired) electrons.